The highest BCUT2D eigenvalue weighted by Crippen LogP contribution is 2.15. The fourth-order valence-corrected chi connectivity index (χ4v) is 1.07. The summed E-state index contributed by atoms with van der Waals surface area (Å²) in [4.78, 5) is 0. The summed E-state index contributed by atoms with van der Waals surface area (Å²) in [5.41, 5.74) is 4.84. The van der Waals surface area contributed by atoms with E-state index in [1.165, 1.54) is 0 Å². The van der Waals surface area contributed by atoms with Crippen molar-refractivity contribution >= 4 is 5.57 Å². The summed E-state index contributed by atoms with van der Waals surface area (Å²) < 4.78 is 0. The zero-order valence-corrected chi connectivity index (χ0v) is 8.04. The van der Waals surface area contributed by atoms with E-state index in [-0.39, 0.29) is 0 Å². The van der Waals surface area contributed by atoms with Gasteiger partial charge >= 0.3 is 0 Å². The summed E-state index contributed by atoms with van der Waals surface area (Å²) in [6, 6.07) is 9.63. The second-order valence-corrected chi connectivity index (χ2v) is 2.88. The molecule has 0 heterocycles. The maximum atomic E-state index is 7.17. The van der Waals surface area contributed by atoms with E-state index < -0.39 is 0 Å². The van der Waals surface area contributed by atoms with Crippen LogP contribution in [0.3, 0.4) is 0 Å². The van der Waals surface area contributed by atoms with Gasteiger partial charge in [-0.3, -0.25) is 0 Å². The maximum Gasteiger partial charge on any atom is 0.0497 e. The number of hydrogen-bond donors (Lipinski definition) is 0. The number of hydrogen-bond acceptors (Lipinski definition) is 0. The van der Waals surface area contributed by atoms with Gasteiger partial charge in [-0.1, -0.05) is 36.3 Å². The van der Waals surface area contributed by atoms with Gasteiger partial charge in [-0.25, -0.2) is 0 Å². The van der Waals surface area contributed by atoms with Crippen molar-refractivity contribution in [3.8, 4) is 12.3 Å². The molecule has 66 valence electrons. The van der Waals surface area contributed by atoms with Crippen molar-refractivity contribution in [2.75, 3.05) is 0 Å². The van der Waals surface area contributed by atoms with Crippen molar-refractivity contribution in [1.82, 2.24) is 0 Å². The van der Waals surface area contributed by atoms with E-state index in [1.807, 2.05) is 37.3 Å². The molecule has 14 heavy (non-hydrogen) atoms. The molecule has 0 fully saturated rings. The van der Waals surface area contributed by atoms with Crippen LogP contribution in [0.4, 0.5) is 0 Å². The molecule has 1 rings (SSSR count). The highest BCUT2D eigenvalue weighted by atomic mass is 14.0. The van der Waals surface area contributed by atoms with Gasteiger partial charge in [0.25, 0.3) is 0 Å². The average Bonchev–Trinajstić information content (AvgIpc) is 2.26. The van der Waals surface area contributed by atoms with Crippen LogP contribution in [-0.4, -0.2) is 0 Å². The van der Waals surface area contributed by atoms with E-state index in [2.05, 4.69) is 11.7 Å². The molecule has 1 aromatic carbocycles. The van der Waals surface area contributed by atoms with Crippen molar-refractivity contribution in [1.29, 1.82) is 0 Å². The molecule has 0 aromatic heterocycles. The van der Waals surface area contributed by atoms with E-state index in [0.717, 1.165) is 11.1 Å². The minimum absolute atomic E-state index is 0.709. The van der Waals surface area contributed by atoms with Gasteiger partial charge in [0.15, 0.2) is 0 Å². The predicted molar refractivity (Wildman–Crippen MR) is 59.2 cm³/mol. The quantitative estimate of drug-likeness (QED) is 0.371. The number of allylic oxidation sites excluding steroid dienone is 3. The highest BCUT2D eigenvalue weighted by molar-refractivity contribution is 5.74. The molecule has 0 amide bonds. The molecule has 0 saturated heterocycles. The number of rotatable bonds is 2. The molecule has 0 saturated carbocycles. The van der Waals surface area contributed by atoms with Crippen LogP contribution in [-0.2, 0) is 0 Å². The first-order chi connectivity index (χ1) is 6.77. The Labute approximate surface area is 85.3 Å². The van der Waals surface area contributed by atoms with Crippen LogP contribution in [0.15, 0.2) is 47.7 Å². The molecule has 0 atom stereocenters. The summed E-state index contributed by atoms with van der Waals surface area (Å²) in [5.74, 6) is 2.52. The molecule has 0 bridgehead atoms. The lowest BCUT2D eigenvalue weighted by Gasteiger charge is -1.98. The summed E-state index contributed by atoms with van der Waals surface area (Å²) in [6.45, 7) is 9.00. The summed E-state index contributed by atoms with van der Waals surface area (Å²) in [5, 5.41) is 0. The van der Waals surface area contributed by atoms with Gasteiger partial charge in [-0.05, 0) is 24.1 Å². The Morgan fingerprint density at radius 1 is 1.36 bits per heavy atom. The monoisotopic (exact) mass is 178 g/mol. The molecule has 0 heteroatoms. The predicted octanol–water partition coefficient (Wildman–Crippen LogP) is 3.11. The SMILES string of the molecule is [C]=C=C(/C=C(\C)C#C)c1ccccc1. The number of benzene rings is 1. The van der Waals surface area contributed by atoms with E-state index in [9.17, 15) is 0 Å². The van der Waals surface area contributed by atoms with Crippen molar-refractivity contribution in [3.63, 3.8) is 0 Å². The first-order valence-corrected chi connectivity index (χ1v) is 4.28. The molecule has 2 radical (unpaired) electrons. The Bertz CT molecular complexity index is 421. The molecule has 0 N–H and O–H groups in total. The fourth-order valence-electron chi connectivity index (χ4n) is 1.07. The van der Waals surface area contributed by atoms with Gasteiger partial charge in [0.1, 0.15) is 0 Å². The maximum absolute atomic E-state index is 7.17. The van der Waals surface area contributed by atoms with Crippen LogP contribution in [0.2, 0.25) is 0 Å². The van der Waals surface area contributed by atoms with E-state index in [0.29, 0.717) is 5.57 Å². The third-order valence-corrected chi connectivity index (χ3v) is 1.81. The third kappa shape index (κ3) is 2.52. The molecule has 0 nitrogen and oxygen atoms in total. The fraction of sp³-hybridized carbons (Fsp3) is 0.0714. The third-order valence-electron chi connectivity index (χ3n) is 1.81. The Balaban J connectivity index is 3.10. The minimum Gasteiger partial charge on any atom is -0.115 e. The lowest BCUT2D eigenvalue weighted by Crippen LogP contribution is -1.79. The van der Waals surface area contributed by atoms with E-state index >= 15 is 0 Å². The van der Waals surface area contributed by atoms with Crippen molar-refractivity contribution < 1.29 is 0 Å². The Morgan fingerprint density at radius 3 is 2.50 bits per heavy atom. The standard InChI is InChI=1S/C14H10/c1-4-12(3)11-13(5-2)14-9-7-6-8-10-14/h1,6-11H,3H3/b12-11+. The molecule has 1 aromatic rings. The topological polar surface area (TPSA) is 0 Å². The van der Waals surface area contributed by atoms with Crippen LogP contribution < -0.4 is 0 Å². The van der Waals surface area contributed by atoms with E-state index in [1.54, 1.807) is 6.08 Å². The largest absolute Gasteiger partial charge is 0.115 e. The zero-order chi connectivity index (χ0) is 10.4. The molecular formula is C14H10. The molecule has 0 aliphatic heterocycles. The zero-order valence-electron chi connectivity index (χ0n) is 8.04. The van der Waals surface area contributed by atoms with Gasteiger partial charge in [0, 0.05) is 12.2 Å². The first kappa shape index (κ1) is 10.1. The second kappa shape index (κ2) is 4.92. The smallest absolute Gasteiger partial charge is 0.0497 e. The Kier molecular flexibility index (Phi) is 3.56. The van der Waals surface area contributed by atoms with E-state index in [4.69, 9.17) is 13.0 Å². The van der Waals surface area contributed by atoms with Gasteiger partial charge < -0.3 is 0 Å². The summed E-state index contributed by atoms with van der Waals surface area (Å²) in [6.07, 6.45) is 7.01. The average molecular weight is 178 g/mol. The first-order valence-electron chi connectivity index (χ1n) is 4.28. The Morgan fingerprint density at radius 2 is 2.00 bits per heavy atom. The highest BCUT2D eigenvalue weighted by Gasteiger charge is 1.95. The van der Waals surface area contributed by atoms with Gasteiger partial charge in [0.05, 0.1) is 0 Å². The molecule has 0 aliphatic carbocycles. The van der Waals surface area contributed by atoms with Crippen molar-refractivity contribution in [2.45, 2.75) is 6.92 Å². The lowest BCUT2D eigenvalue weighted by atomic mass is 10.0. The molecule has 0 unspecified atom stereocenters. The van der Waals surface area contributed by atoms with Gasteiger partial charge in [0.2, 0.25) is 0 Å². The Hall–Kier alpha value is -1.96. The molecule has 0 spiro atoms. The lowest BCUT2D eigenvalue weighted by molar-refractivity contribution is 1.56. The van der Waals surface area contributed by atoms with Crippen LogP contribution in [0.5, 0.6) is 0 Å². The molecule has 0 aliphatic rings. The van der Waals surface area contributed by atoms with Crippen LogP contribution in [0, 0.1) is 18.9 Å². The van der Waals surface area contributed by atoms with Crippen LogP contribution in [0.25, 0.3) is 5.57 Å². The normalized spacial score (nSPS) is 10.1. The molecular weight excluding hydrogens is 168 g/mol. The second-order valence-electron chi connectivity index (χ2n) is 2.88. The summed E-state index contributed by atoms with van der Waals surface area (Å²) >= 11 is 0. The number of terminal acetylenes is 1. The van der Waals surface area contributed by atoms with Crippen LogP contribution in [0.1, 0.15) is 12.5 Å². The van der Waals surface area contributed by atoms with Gasteiger partial charge in [-0.15, -0.1) is 12.2 Å². The van der Waals surface area contributed by atoms with Crippen molar-refractivity contribution in [3.05, 3.63) is 59.9 Å². The van der Waals surface area contributed by atoms with Crippen molar-refractivity contribution in [2.24, 2.45) is 0 Å². The minimum atomic E-state index is 0.709. The summed E-state index contributed by atoms with van der Waals surface area (Å²) in [7, 11) is 0. The van der Waals surface area contributed by atoms with Crippen LogP contribution >= 0.6 is 0 Å². The van der Waals surface area contributed by atoms with Gasteiger partial charge in [-0.2, -0.15) is 0 Å².